The van der Waals surface area contributed by atoms with E-state index >= 15 is 0 Å². The molecule has 0 atom stereocenters. The van der Waals surface area contributed by atoms with E-state index in [9.17, 15) is 4.79 Å². The van der Waals surface area contributed by atoms with Crippen LogP contribution in [0.4, 0.5) is 4.79 Å². The summed E-state index contributed by atoms with van der Waals surface area (Å²) < 4.78 is 6.69. The summed E-state index contributed by atoms with van der Waals surface area (Å²) in [6.45, 7) is 0.423. The van der Waals surface area contributed by atoms with E-state index in [1.54, 1.807) is 47.8 Å². The van der Waals surface area contributed by atoms with E-state index in [1.807, 2.05) is 12.1 Å². The van der Waals surface area contributed by atoms with Crippen molar-refractivity contribution in [2.45, 2.75) is 13.2 Å². The van der Waals surface area contributed by atoms with Gasteiger partial charge in [-0.25, -0.2) is 9.48 Å². The summed E-state index contributed by atoms with van der Waals surface area (Å²) in [6, 6.07) is 7.24. The Balaban J connectivity index is 1.49. The number of nitrogens with zero attached hydrogens (tertiary/aromatic N) is 5. The number of nitrogens with one attached hydrogen (secondary N) is 1. The fourth-order valence-electron chi connectivity index (χ4n) is 1.84. The van der Waals surface area contributed by atoms with Crippen LogP contribution in [0.2, 0.25) is 0 Å². The molecule has 0 aliphatic heterocycles. The summed E-state index contributed by atoms with van der Waals surface area (Å²) in [5.41, 5.74) is 2.29. The lowest BCUT2D eigenvalue weighted by molar-refractivity contribution is 0.139. The first-order chi connectivity index (χ1) is 11.3. The molecule has 1 amide bonds. The second-order valence-electron chi connectivity index (χ2n) is 4.65. The molecule has 0 aromatic carbocycles. The number of hydrogen-bond donors (Lipinski definition) is 1. The molecule has 0 radical (unpaired) electrons. The zero-order valence-corrected chi connectivity index (χ0v) is 12.2. The summed E-state index contributed by atoms with van der Waals surface area (Å²) in [5.74, 6) is 0. The predicted molar refractivity (Wildman–Crippen MR) is 80.4 cm³/mol. The molecule has 0 aliphatic carbocycles. The third kappa shape index (κ3) is 4.10. The van der Waals surface area contributed by atoms with Crippen molar-refractivity contribution in [1.29, 1.82) is 0 Å². The van der Waals surface area contributed by atoms with E-state index in [4.69, 9.17) is 4.74 Å². The highest BCUT2D eigenvalue weighted by Gasteiger charge is 2.06. The van der Waals surface area contributed by atoms with Gasteiger partial charge in [0.1, 0.15) is 12.3 Å². The summed E-state index contributed by atoms with van der Waals surface area (Å²) in [4.78, 5) is 19.6. The Kier molecular flexibility index (Phi) is 4.53. The third-order valence-electron chi connectivity index (χ3n) is 2.98. The van der Waals surface area contributed by atoms with Gasteiger partial charge in [0.05, 0.1) is 24.6 Å². The van der Waals surface area contributed by atoms with Gasteiger partial charge < -0.3 is 10.1 Å². The minimum Gasteiger partial charge on any atom is -0.445 e. The molecule has 0 bridgehead atoms. The lowest BCUT2D eigenvalue weighted by Crippen LogP contribution is -2.23. The van der Waals surface area contributed by atoms with Crippen molar-refractivity contribution in [3.8, 4) is 5.69 Å². The molecular weight excluding hydrogens is 296 g/mol. The third-order valence-corrected chi connectivity index (χ3v) is 2.98. The molecule has 23 heavy (non-hydrogen) atoms. The fraction of sp³-hybridized carbons (Fsp3) is 0.133. The lowest BCUT2D eigenvalue weighted by Gasteiger charge is -2.05. The molecule has 8 heteroatoms. The maximum atomic E-state index is 11.7. The highest BCUT2D eigenvalue weighted by molar-refractivity contribution is 5.67. The first-order valence-electron chi connectivity index (χ1n) is 6.92. The van der Waals surface area contributed by atoms with Gasteiger partial charge in [-0.15, -0.1) is 5.10 Å². The second kappa shape index (κ2) is 7.12. The van der Waals surface area contributed by atoms with Gasteiger partial charge in [-0.2, -0.15) is 0 Å². The minimum atomic E-state index is -0.516. The molecule has 3 heterocycles. The minimum absolute atomic E-state index is 0.191. The molecule has 0 saturated heterocycles. The summed E-state index contributed by atoms with van der Waals surface area (Å²) >= 11 is 0. The Morgan fingerprint density at radius 2 is 2.04 bits per heavy atom. The highest BCUT2D eigenvalue weighted by Crippen LogP contribution is 2.04. The van der Waals surface area contributed by atoms with Crippen molar-refractivity contribution >= 4 is 6.09 Å². The quantitative estimate of drug-likeness (QED) is 0.767. The number of carbonyl (C=O) groups excluding carboxylic acids is 1. The van der Waals surface area contributed by atoms with Gasteiger partial charge in [-0.1, -0.05) is 5.21 Å². The molecule has 0 fully saturated rings. The van der Waals surface area contributed by atoms with Gasteiger partial charge in [0, 0.05) is 18.6 Å². The van der Waals surface area contributed by atoms with Gasteiger partial charge in [-0.05, 0) is 29.8 Å². The average Bonchev–Trinajstić information content (AvgIpc) is 3.09. The standard InChI is InChI=1S/C15H14N6O2/c22-15(23-11-12-3-6-16-7-4-12)18-8-13-10-21(20-19-13)14-2-1-5-17-9-14/h1-7,9-10H,8,11H2,(H,18,22). The van der Waals surface area contributed by atoms with Crippen molar-refractivity contribution < 1.29 is 9.53 Å². The van der Waals surface area contributed by atoms with E-state index in [1.165, 1.54) is 0 Å². The molecule has 1 N–H and O–H groups in total. The Morgan fingerprint density at radius 1 is 1.17 bits per heavy atom. The van der Waals surface area contributed by atoms with Crippen LogP contribution in [0.5, 0.6) is 0 Å². The zero-order valence-electron chi connectivity index (χ0n) is 12.2. The second-order valence-corrected chi connectivity index (χ2v) is 4.65. The van der Waals surface area contributed by atoms with Crippen LogP contribution in [0.1, 0.15) is 11.3 Å². The van der Waals surface area contributed by atoms with E-state index in [2.05, 4.69) is 25.6 Å². The summed E-state index contributed by atoms with van der Waals surface area (Å²) in [7, 11) is 0. The number of carbonyl (C=O) groups is 1. The first kappa shape index (κ1) is 14.6. The smallest absolute Gasteiger partial charge is 0.407 e. The maximum absolute atomic E-state index is 11.7. The van der Waals surface area contributed by atoms with Crippen LogP contribution in [0, 0.1) is 0 Å². The molecule has 0 saturated carbocycles. The van der Waals surface area contributed by atoms with Gasteiger partial charge in [-0.3, -0.25) is 9.97 Å². The van der Waals surface area contributed by atoms with E-state index in [0.717, 1.165) is 11.3 Å². The average molecular weight is 310 g/mol. The number of hydrogen-bond acceptors (Lipinski definition) is 6. The van der Waals surface area contributed by atoms with E-state index in [0.29, 0.717) is 5.69 Å². The maximum Gasteiger partial charge on any atom is 0.407 e. The Bertz CT molecular complexity index is 760. The van der Waals surface area contributed by atoms with Crippen LogP contribution < -0.4 is 5.32 Å². The lowest BCUT2D eigenvalue weighted by atomic mass is 10.3. The number of amides is 1. The zero-order chi connectivity index (χ0) is 15.9. The Morgan fingerprint density at radius 3 is 2.83 bits per heavy atom. The monoisotopic (exact) mass is 310 g/mol. The fourth-order valence-corrected chi connectivity index (χ4v) is 1.84. The molecule has 0 aliphatic rings. The van der Waals surface area contributed by atoms with Crippen LogP contribution in [-0.4, -0.2) is 31.1 Å². The summed E-state index contributed by atoms with van der Waals surface area (Å²) in [5, 5.41) is 10.6. The van der Waals surface area contributed by atoms with E-state index in [-0.39, 0.29) is 13.2 Å². The van der Waals surface area contributed by atoms with Crippen molar-refractivity contribution in [3.63, 3.8) is 0 Å². The van der Waals surface area contributed by atoms with Crippen molar-refractivity contribution in [3.05, 3.63) is 66.5 Å². The molecule has 3 aromatic heterocycles. The number of rotatable bonds is 5. The predicted octanol–water partition coefficient (Wildman–Crippen LogP) is 1.48. The largest absolute Gasteiger partial charge is 0.445 e. The SMILES string of the molecule is O=C(NCc1cn(-c2cccnc2)nn1)OCc1ccncc1. The molecule has 3 aromatic rings. The Labute approximate surface area is 132 Å². The Hall–Kier alpha value is -3.29. The van der Waals surface area contributed by atoms with Crippen LogP contribution in [0.25, 0.3) is 5.69 Å². The van der Waals surface area contributed by atoms with Gasteiger partial charge in [0.15, 0.2) is 0 Å². The number of ether oxygens (including phenoxy) is 1. The molecule has 0 unspecified atom stereocenters. The topological polar surface area (TPSA) is 94.8 Å². The van der Waals surface area contributed by atoms with Crippen molar-refractivity contribution in [1.82, 2.24) is 30.3 Å². The van der Waals surface area contributed by atoms with Crippen molar-refractivity contribution in [2.75, 3.05) is 0 Å². The van der Waals surface area contributed by atoms with Crippen LogP contribution in [0.3, 0.4) is 0 Å². The number of pyridine rings is 2. The van der Waals surface area contributed by atoms with Crippen LogP contribution in [0.15, 0.2) is 55.2 Å². The van der Waals surface area contributed by atoms with Crippen LogP contribution in [-0.2, 0) is 17.9 Å². The number of aromatic nitrogens is 5. The first-order valence-corrected chi connectivity index (χ1v) is 6.92. The van der Waals surface area contributed by atoms with Gasteiger partial charge in [0.25, 0.3) is 0 Å². The highest BCUT2D eigenvalue weighted by atomic mass is 16.5. The van der Waals surface area contributed by atoms with Crippen molar-refractivity contribution in [2.24, 2.45) is 0 Å². The molecule has 116 valence electrons. The van der Waals surface area contributed by atoms with E-state index < -0.39 is 6.09 Å². The van der Waals surface area contributed by atoms with Crippen LogP contribution >= 0.6 is 0 Å². The van der Waals surface area contributed by atoms with Gasteiger partial charge in [0.2, 0.25) is 0 Å². The number of alkyl carbamates (subject to hydrolysis) is 1. The molecular formula is C15H14N6O2. The summed E-state index contributed by atoms with van der Waals surface area (Å²) in [6.07, 6.45) is 7.86. The molecule has 3 rings (SSSR count). The van der Waals surface area contributed by atoms with Gasteiger partial charge >= 0.3 is 6.09 Å². The normalized spacial score (nSPS) is 10.3. The molecule has 8 nitrogen and oxygen atoms in total. The molecule has 0 spiro atoms.